The van der Waals surface area contributed by atoms with Gasteiger partial charge in [-0.3, -0.25) is 4.79 Å². The lowest BCUT2D eigenvalue weighted by Crippen LogP contribution is -2.15. The average Bonchev–Trinajstić information content (AvgIpc) is 2.83. The zero-order valence-electron chi connectivity index (χ0n) is 12.1. The minimum Gasteiger partial charge on any atom is -0.496 e. The Labute approximate surface area is 123 Å². The molecule has 0 bridgehead atoms. The largest absolute Gasteiger partial charge is 0.496 e. The SMILES string of the molecule is COc1ccccc1/C=C(\C#N)C(=O)n1nc(C)cc1C. The van der Waals surface area contributed by atoms with Crippen molar-refractivity contribution in [2.24, 2.45) is 0 Å². The van der Waals surface area contributed by atoms with E-state index in [2.05, 4.69) is 5.10 Å². The van der Waals surface area contributed by atoms with Crippen LogP contribution in [-0.4, -0.2) is 22.8 Å². The van der Waals surface area contributed by atoms with E-state index in [1.807, 2.05) is 18.2 Å². The summed E-state index contributed by atoms with van der Waals surface area (Å²) >= 11 is 0. The lowest BCUT2D eigenvalue weighted by Gasteiger charge is -2.05. The predicted octanol–water partition coefficient (Wildman–Crippen LogP) is 2.76. The summed E-state index contributed by atoms with van der Waals surface area (Å²) in [4.78, 5) is 12.4. The van der Waals surface area contributed by atoms with Gasteiger partial charge in [0.15, 0.2) is 0 Å². The maximum Gasteiger partial charge on any atom is 0.289 e. The zero-order chi connectivity index (χ0) is 15.4. The van der Waals surface area contributed by atoms with Crippen LogP contribution in [0.5, 0.6) is 5.75 Å². The predicted molar refractivity (Wildman–Crippen MR) is 78.9 cm³/mol. The third-order valence-corrected chi connectivity index (χ3v) is 2.99. The fourth-order valence-corrected chi connectivity index (χ4v) is 2.03. The normalized spacial score (nSPS) is 11.0. The lowest BCUT2D eigenvalue weighted by atomic mass is 10.1. The van der Waals surface area contributed by atoms with Gasteiger partial charge in [0.1, 0.15) is 17.4 Å². The van der Waals surface area contributed by atoms with Gasteiger partial charge in [-0.1, -0.05) is 18.2 Å². The molecule has 0 radical (unpaired) electrons. The maximum atomic E-state index is 12.4. The van der Waals surface area contributed by atoms with Crippen LogP contribution in [0.1, 0.15) is 21.7 Å². The first-order valence-corrected chi connectivity index (χ1v) is 6.39. The number of benzene rings is 1. The molecule has 0 aliphatic heterocycles. The fourth-order valence-electron chi connectivity index (χ4n) is 2.03. The number of ether oxygens (including phenoxy) is 1. The molecule has 0 amide bonds. The highest BCUT2D eigenvalue weighted by Gasteiger charge is 2.16. The molecule has 1 heterocycles. The number of nitriles is 1. The molecule has 0 spiro atoms. The number of methoxy groups -OCH3 is 1. The van der Waals surface area contributed by atoms with Crippen molar-refractivity contribution < 1.29 is 9.53 Å². The number of aromatic nitrogens is 2. The zero-order valence-corrected chi connectivity index (χ0v) is 12.1. The molecule has 0 aliphatic carbocycles. The summed E-state index contributed by atoms with van der Waals surface area (Å²) in [6.45, 7) is 3.57. The summed E-state index contributed by atoms with van der Waals surface area (Å²) in [5.41, 5.74) is 2.10. The molecule has 0 N–H and O–H groups in total. The molecule has 0 saturated heterocycles. The first-order valence-electron chi connectivity index (χ1n) is 6.39. The van der Waals surface area contributed by atoms with E-state index in [1.54, 1.807) is 39.2 Å². The van der Waals surface area contributed by atoms with Gasteiger partial charge in [0.25, 0.3) is 5.91 Å². The Morgan fingerprint density at radius 3 is 2.67 bits per heavy atom. The fraction of sp³-hybridized carbons (Fsp3) is 0.188. The quantitative estimate of drug-likeness (QED) is 0.641. The van der Waals surface area contributed by atoms with Gasteiger partial charge in [-0.25, -0.2) is 4.68 Å². The van der Waals surface area contributed by atoms with Crippen LogP contribution in [0.25, 0.3) is 6.08 Å². The van der Waals surface area contributed by atoms with Gasteiger partial charge in [-0.05, 0) is 32.1 Å². The molecule has 0 saturated carbocycles. The van der Waals surface area contributed by atoms with Crippen molar-refractivity contribution in [2.45, 2.75) is 13.8 Å². The second kappa shape index (κ2) is 6.06. The number of rotatable bonds is 3. The van der Waals surface area contributed by atoms with Gasteiger partial charge >= 0.3 is 0 Å². The van der Waals surface area contributed by atoms with Crippen LogP contribution in [0, 0.1) is 25.2 Å². The molecule has 21 heavy (non-hydrogen) atoms. The Balaban J connectivity index is 2.44. The molecule has 106 valence electrons. The van der Waals surface area contributed by atoms with Crippen molar-refractivity contribution in [3.05, 3.63) is 52.9 Å². The Morgan fingerprint density at radius 2 is 2.10 bits per heavy atom. The van der Waals surface area contributed by atoms with Crippen LogP contribution in [0.3, 0.4) is 0 Å². The molecule has 1 aromatic heterocycles. The number of nitrogens with zero attached hydrogens (tertiary/aromatic N) is 3. The van der Waals surface area contributed by atoms with E-state index in [0.717, 1.165) is 5.69 Å². The molecule has 5 heteroatoms. The summed E-state index contributed by atoms with van der Waals surface area (Å²) in [5, 5.41) is 13.4. The van der Waals surface area contributed by atoms with E-state index in [1.165, 1.54) is 10.8 Å². The van der Waals surface area contributed by atoms with Crippen LogP contribution >= 0.6 is 0 Å². The summed E-state index contributed by atoms with van der Waals surface area (Å²) in [6, 6.07) is 10.9. The van der Waals surface area contributed by atoms with Gasteiger partial charge in [0, 0.05) is 11.3 Å². The molecule has 0 fully saturated rings. The Bertz CT molecular complexity index is 751. The van der Waals surface area contributed by atoms with Crippen molar-refractivity contribution in [1.82, 2.24) is 9.78 Å². The van der Waals surface area contributed by atoms with E-state index < -0.39 is 5.91 Å². The van der Waals surface area contributed by atoms with Crippen LogP contribution in [0.2, 0.25) is 0 Å². The van der Waals surface area contributed by atoms with E-state index in [0.29, 0.717) is 17.0 Å². The first-order chi connectivity index (χ1) is 10.1. The molecule has 5 nitrogen and oxygen atoms in total. The monoisotopic (exact) mass is 281 g/mol. The Hall–Kier alpha value is -2.87. The number of para-hydroxylation sites is 1. The van der Waals surface area contributed by atoms with Crippen LogP contribution in [0.15, 0.2) is 35.9 Å². The smallest absolute Gasteiger partial charge is 0.289 e. The molecular formula is C16H15N3O2. The number of carbonyl (C=O) groups excluding carboxylic acids is 1. The van der Waals surface area contributed by atoms with Gasteiger partial charge < -0.3 is 4.74 Å². The number of carbonyl (C=O) groups is 1. The van der Waals surface area contributed by atoms with Gasteiger partial charge in [0.2, 0.25) is 0 Å². The maximum absolute atomic E-state index is 12.4. The van der Waals surface area contributed by atoms with Gasteiger partial charge in [-0.15, -0.1) is 0 Å². The Kier molecular flexibility index (Phi) is 4.19. The number of aryl methyl sites for hydroxylation is 2. The van der Waals surface area contributed by atoms with Gasteiger partial charge in [-0.2, -0.15) is 10.4 Å². The van der Waals surface area contributed by atoms with Crippen LogP contribution in [-0.2, 0) is 0 Å². The second-order valence-corrected chi connectivity index (χ2v) is 4.56. The first kappa shape index (κ1) is 14.5. The van der Waals surface area contributed by atoms with E-state index in [9.17, 15) is 10.1 Å². The number of hydrogen-bond acceptors (Lipinski definition) is 4. The molecular weight excluding hydrogens is 266 g/mol. The average molecular weight is 281 g/mol. The van der Waals surface area contributed by atoms with Crippen LogP contribution < -0.4 is 4.74 Å². The van der Waals surface area contributed by atoms with Crippen molar-refractivity contribution in [3.8, 4) is 11.8 Å². The topological polar surface area (TPSA) is 67.9 Å². The Morgan fingerprint density at radius 1 is 1.38 bits per heavy atom. The van der Waals surface area contributed by atoms with E-state index in [4.69, 9.17) is 4.74 Å². The summed E-state index contributed by atoms with van der Waals surface area (Å²) < 4.78 is 6.45. The summed E-state index contributed by atoms with van der Waals surface area (Å²) in [5.74, 6) is 0.153. The van der Waals surface area contributed by atoms with Crippen molar-refractivity contribution >= 4 is 12.0 Å². The molecule has 0 atom stereocenters. The van der Waals surface area contributed by atoms with Crippen molar-refractivity contribution in [3.63, 3.8) is 0 Å². The second-order valence-electron chi connectivity index (χ2n) is 4.56. The number of allylic oxidation sites excluding steroid dienone is 1. The van der Waals surface area contributed by atoms with E-state index in [-0.39, 0.29) is 5.57 Å². The molecule has 0 aliphatic rings. The minimum atomic E-state index is -0.450. The minimum absolute atomic E-state index is 0.00528. The van der Waals surface area contributed by atoms with Crippen molar-refractivity contribution in [2.75, 3.05) is 7.11 Å². The highest BCUT2D eigenvalue weighted by atomic mass is 16.5. The highest BCUT2D eigenvalue weighted by molar-refractivity contribution is 6.03. The highest BCUT2D eigenvalue weighted by Crippen LogP contribution is 2.21. The molecule has 0 unspecified atom stereocenters. The lowest BCUT2D eigenvalue weighted by molar-refractivity contribution is 0.0944. The van der Waals surface area contributed by atoms with Crippen molar-refractivity contribution in [1.29, 1.82) is 5.26 Å². The molecule has 2 aromatic rings. The van der Waals surface area contributed by atoms with Crippen LogP contribution in [0.4, 0.5) is 0 Å². The summed E-state index contributed by atoms with van der Waals surface area (Å²) in [7, 11) is 1.54. The third kappa shape index (κ3) is 3.00. The molecule has 2 rings (SSSR count). The standard InChI is InChI=1S/C16H15N3O2/c1-11-8-12(2)19(18-11)16(20)14(10-17)9-13-6-4-5-7-15(13)21-3/h4-9H,1-3H3/b14-9+. The van der Waals surface area contributed by atoms with Gasteiger partial charge in [0.05, 0.1) is 12.8 Å². The molecule has 1 aromatic carbocycles. The number of hydrogen-bond donors (Lipinski definition) is 0. The third-order valence-electron chi connectivity index (χ3n) is 2.99. The summed E-state index contributed by atoms with van der Waals surface area (Å²) in [6.07, 6.45) is 1.51. The van der Waals surface area contributed by atoms with E-state index >= 15 is 0 Å².